The molecule has 0 spiro atoms. The monoisotopic (exact) mass is 217 g/mol. The zero-order chi connectivity index (χ0) is 10.6. The van der Waals surface area contributed by atoms with Crippen molar-refractivity contribution < 1.29 is 4.21 Å². The number of hydrogen-bond donors (Lipinski definition) is 2. The maximum Gasteiger partial charge on any atom is 0.0921 e. The lowest BCUT2D eigenvalue weighted by Crippen LogP contribution is -2.45. The van der Waals surface area contributed by atoms with Gasteiger partial charge in [-0.15, -0.1) is 0 Å². The number of nitrogens with two attached hydrogens (primary N) is 1. The second kappa shape index (κ2) is 5.46. The van der Waals surface area contributed by atoms with Crippen molar-refractivity contribution in [2.75, 3.05) is 24.6 Å². The molecule has 5 heteroatoms. The summed E-state index contributed by atoms with van der Waals surface area (Å²) in [6.45, 7) is 3.88. The molecule has 0 aliphatic carbocycles. The first kappa shape index (κ1) is 11.7. The van der Waals surface area contributed by atoms with Gasteiger partial charge < -0.3 is 5.73 Å². The van der Waals surface area contributed by atoms with Crippen molar-refractivity contribution in [3.63, 3.8) is 0 Å². The molecule has 1 atom stereocenters. The third-order valence-electron chi connectivity index (χ3n) is 2.66. The van der Waals surface area contributed by atoms with Crippen molar-refractivity contribution in [1.82, 2.24) is 4.90 Å². The van der Waals surface area contributed by atoms with Crippen LogP contribution >= 0.6 is 0 Å². The van der Waals surface area contributed by atoms with E-state index in [0.29, 0.717) is 12.5 Å². The summed E-state index contributed by atoms with van der Waals surface area (Å²) in [5.41, 5.74) is 5.40. The molecule has 0 aromatic carbocycles. The molecule has 1 aliphatic rings. The molecular formula is C9H19N3OS. The van der Waals surface area contributed by atoms with Gasteiger partial charge in [0.05, 0.1) is 5.84 Å². The van der Waals surface area contributed by atoms with Crippen LogP contribution in [0.25, 0.3) is 0 Å². The maximum atomic E-state index is 11.2. The summed E-state index contributed by atoms with van der Waals surface area (Å²) < 4.78 is 11.2. The predicted octanol–water partition coefficient (Wildman–Crippen LogP) is 0.155. The quantitative estimate of drug-likeness (QED) is 0.520. The van der Waals surface area contributed by atoms with Gasteiger partial charge in [-0.1, -0.05) is 6.92 Å². The molecule has 1 fully saturated rings. The topological polar surface area (TPSA) is 70.2 Å². The molecule has 0 amide bonds. The minimum atomic E-state index is -0.619. The van der Waals surface area contributed by atoms with Crippen LogP contribution in [0.5, 0.6) is 0 Å². The Morgan fingerprint density at radius 2 is 2.14 bits per heavy atom. The summed E-state index contributed by atoms with van der Waals surface area (Å²) in [7, 11) is -0.619. The Hall–Kier alpha value is -0.420. The fourth-order valence-corrected chi connectivity index (χ4v) is 2.88. The van der Waals surface area contributed by atoms with Gasteiger partial charge >= 0.3 is 0 Å². The Balaban J connectivity index is 2.44. The summed E-state index contributed by atoms with van der Waals surface area (Å²) in [5.74, 6) is 1.80. The number of rotatable bonds is 4. The second-order valence-corrected chi connectivity index (χ2v) is 5.37. The number of hydrogen-bond acceptors (Lipinski definition) is 3. The minimum Gasteiger partial charge on any atom is -0.388 e. The second-order valence-electron chi connectivity index (χ2n) is 3.68. The van der Waals surface area contributed by atoms with Crippen molar-refractivity contribution in [3.8, 4) is 0 Å². The van der Waals surface area contributed by atoms with Crippen LogP contribution in [0.15, 0.2) is 0 Å². The first-order valence-corrected chi connectivity index (χ1v) is 6.54. The van der Waals surface area contributed by atoms with Crippen LogP contribution in [-0.2, 0) is 10.8 Å². The lowest BCUT2D eigenvalue weighted by Gasteiger charge is -2.33. The first-order chi connectivity index (χ1) is 6.63. The molecule has 3 N–H and O–H groups in total. The molecule has 1 saturated heterocycles. The van der Waals surface area contributed by atoms with E-state index in [-0.39, 0.29) is 5.84 Å². The summed E-state index contributed by atoms with van der Waals surface area (Å²) in [5, 5.41) is 7.28. The SMILES string of the molecule is CCC(CC(=N)N)N1CCS(=O)CC1. The van der Waals surface area contributed by atoms with Crippen molar-refractivity contribution in [1.29, 1.82) is 5.41 Å². The van der Waals surface area contributed by atoms with E-state index < -0.39 is 10.8 Å². The molecule has 0 aromatic rings. The Labute approximate surface area is 87.8 Å². The lowest BCUT2D eigenvalue weighted by atomic mass is 10.1. The largest absolute Gasteiger partial charge is 0.388 e. The third kappa shape index (κ3) is 3.38. The van der Waals surface area contributed by atoms with Crippen LogP contribution in [0.4, 0.5) is 0 Å². The van der Waals surface area contributed by atoms with Gasteiger partial charge in [-0.3, -0.25) is 14.5 Å². The Kier molecular flexibility index (Phi) is 4.54. The van der Waals surface area contributed by atoms with Gasteiger partial charge in [-0.25, -0.2) is 0 Å². The van der Waals surface area contributed by atoms with Crippen molar-refractivity contribution in [2.24, 2.45) is 5.73 Å². The zero-order valence-electron chi connectivity index (χ0n) is 8.66. The van der Waals surface area contributed by atoms with E-state index in [1.165, 1.54) is 0 Å². The fourth-order valence-electron chi connectivity index (χ4n) is 1.80. The molecule has 0 aromatic heterocycles. The molecule has 1 rings (SSSR count). The zero-order valence-corrected chi connectivity index (χ0v) is 9.48. The molecule has 82 valence electrons. The summed E-state index contributed by atoms with van der Waals surface area (Å²) in [4.78, 5) is 2.31. The molecule has 0 saturated carbocycles. The van der Waals surface area contributed by atoms with Gasteiger partial charge in [0, 0.05) is 47.9 Å². The molecule has 0 bridgehead atoms. The smallest absolute Gasteiger partial charge is 0.0921 e. The molecule has 1 aliphatic heterocycles. The van der Waals surface area contributed by atoms with Gasteiger partial charge in [0.2, 0.25) is 0 Å². The number of amidine groups is 1. The third-order valence-corrected chi connectivity index (χ3v) is 3.93. The van der Waals surface area contributed by atoms with Gasteiger partial charge in [-0.2, -0.15) is 0 Å². The highest BCUT2D eigenvalue weighted by molar-refractivity contribution is 7.85. The van der Waals surface area contributed by atoms with Crippen molar-refractivity contribution >= 4 is 16.6 Å². The van der Waals surface area contributed by atoms with E-state index in [1.54, 1.807) is 0 Å². The maximum absolute atomic E-state index is 11.2. The van der Waals surface area contributed by atoms with E-state index in [0.717, 1.165) is 31.0 Å². The summed E-state index contributed by atoms with van der Waals surface area (Å²) in [6.07, 6.45) is 1.65. The van der Waals surface area contributed by atoms with E-state index >= 15 is 0 Å². The molecule has 4 nitrogen and oxygen atoms in total. The Morgan fingerprint density at radius 3 is 2.57 bits per heavy atom. The van der Waals surface area contributed by atoms with Crippen LogP contribution in [-0.4, -0.2) is 45.6 Å². The lowest BCUT2D eigenvalue weighted by molar-refractivity contribution is 0.213. The van der Waals surface area contributed by atoms with Crippen LogP contribution < -0.4 is 5.73 Å². The highest BCUT2D eigenvalue weighted by Gasteiger charge is 2.22. The van der Waals surface area contributed by atoms with Crippen LogP contribution in [0.1, 0.15) is 19.8 Å². The minimum absolute atomic E-state index is 0.253. The van der Waals surface area contributed by atoms with Gasteiger partial charge in [-0.05, 0) is 6.42 Å². The average Bonchev–Trinajstić information content (AvgIpc) is 2.15. The highest BCUT2D eigenvalue weighted by Crippen LogP contribution is 2.11. The molecular weight excluding hydrogens is 198 g/mol. The Bertz CT molecular complexity index is 222. The average molecular weight is 217 g/mol. The van der Waals surface area contributed by atoms with Crippen LogP contribution in [0, 0.1) is 5.41 Å². The fraction of sp³-hybridized carbons (Fsp3) is 0.889. The van der Waals surface area contributed by atoms with Crippen LogP contribution in [0.3, 0.4) is 0 Å². The molecule has 0 radical (unpaired) electrons. The molecule has 1 unspecified atom stereocenters. The highest BCUT2D eigenvalue weighted by atomic mass is 32.2. The standard InChI is InChI=1S/C9H19N3OS/c1-2-8(7-9(10)11)12-3-5-14(13)6-4-12/h8H,2-7H2,1H3,(H3,10,11). The van der Waals surface area contributed by atoms with E-state index in [9.17, 15) is 4.21 Å². The Morgan fingerprint density at radius 1 is 1.57 bits per heavy atom. The van der Waals surface area contributed by atoms with E-state index in [2.05, 4.69) is 11.8 Å². The van der Waals surface area contributed by atoms with Gasteiger partial charge in [0.25, 0.3) is 0 Å². The first-order valence-electron chi connectivity index (χ1n) is 5.05. The van der Waals surface area contributed by atoms with Gasteiger partial charge in [0.15, 0.2) is 0 Å². The van der Waals surface area contributed by atoms with E-state index in [1.807, 2.05) is 0 Å². The summed E-state index contributed by atoms with van der Waals surface area (Å²) >= 11 is 0. The molecule has 14 heavy (non-hydrogen) atoms. The van der Waals surface area contributed by atoms with Crippen LogP contribution in [0.2, 0.25) is 0 Å². The van der Waals surface area contributed by atoms with E-state index in [4.69, 9.17) is 11.1 Å². The number of nitrogens with one attached hydrogen (secondary N) is 1. The van der Waals surface area contributed by atoms with Crippen molar-refractivity contribution in [2.45, 2.75) is 25.8 Å². The van der Waals surface area contributed by atoms with Gasteiger partial charge in [0.1, 0.15) is 0 Å². The molecule has 1 heterocycles. The predicted molar refractivity (Wildman–Crippen MR) is 60.1 cm³/mol. The van der Waals surface area contributed by atoms with Crippen molar-refractivity contribution in [3.05, 3.63) is 0 Å². The summed E-state index contributed by atoms with van der Waals surface area (Å²) in [6, 6.07) is 0.366. The number of nitrogens with zero attached hydrogens (tertiary/aromatic N) is 1. The normalized spacial score (nSPS) is 22.1.